The third kappa shape index (κ3) is 7.54. The maximum absolute atomic E-state index is 13.9. The summed E-state index contributed by atoms with van der Waals surface area (Å²) < 4.78 is 30.2. The van der Waals surface area contributed by atoms with Crippen LogP contribution < -0.4 is 0 Å². The van der Waals surface area contributed by atoms with E-state index in [1.807, 2.05) is 97.1 Å². The largest absolute Gasteiger partial charge is 0.456 e. The molecule has 5 heterocycles. The van der Waals surface area contributed by atoms with Crippen molar-refractivity contribution in [3.05, 3.63) is 144 Å². The summed E-state index contributed by atoms with van der Waals surface area (Å²) in [7, 11) is 0. The third-order valence-electron chi connectivity index (χ3n) is 10.5. The summed E-state index contributed by atoms with van der Waals surface area (Å²) in [5, 5.41) is 3.36. The first kappa shape index (κ1) is 36.5. The molecule has 13 nitrogen and oxygen atoms in total. The van der Waals surface area contributed by atoms with Crippen LogP contribution in [0.15, 0.2) is 122 Å². The maximum atomic E-state index is 13.9. The van der Waals surface area contributed by atoms with Gasteiger partial charge in [-0.05, 0) is 46.5 Å². The van der Waals surface area contributed by atoms with Crippen molar-refractivity contribution < 1.29 is 42.9 Å². The van der Waals surface area contributed by atoms with E-state index in [2.05, 4.69) is 19.9 Å². The fraction of sp³-hybridized carbons (Fsp3) is 0.200. The number of H-pyrrole nitrogens is 4. The van der Waals surface area contributed by atoms with Gasteiger partial charge in [-0.3, -0.25) is 19.2 Å². The van der Waals surface area contributed by atoms with Gasteiger partial charge in [-0.1, -0.05) is 72.8 Å². The summed E-state index contributed by atoms with van der Waals surface area (Å²) >= 11 is 0. The molecule has 1 saturated heterocycles. The van der Waals surface area contributed by atoms with Gasteiger partial charge in [0.2, 0.25) is 12.4 Å². The second-order valence-corrected chi connectivity index (χ2v) is 14.3. The minimum Gasteiger partial charge on any atom is -0.456 e. The standard InChI is InChI=1S/C45H38N4O9/c50-39(17-26-21-46-34-13-5-1-9-30(26)34)55-38-25-54-45(58-42(53)20-29-24-49-37-16-8-4-12-33(29)37)44(57-41(52)19-28-23-48-36-15-7-3-11-32(28)36)43(38)56-40(51)18-27-22-47-35-14-6-2-10-31(27)35/h1-16,21-24,38,43-49H,17-20,25H2/t38-,43-,44+,45?/m0/s1. The highest BCUT2D eigenvalue weighted by molar-refractivity contribution is 5.90. The number of hydrogen-bond acceptors (Lipinski definition) is 9. The molecular weight excluding hydrogens is 741 g/mol. The van der Waals surface area contributed by atoms with E-state index in [4.69, 9.17) is 23.7 Å². The molecule has 4 atom stereocenters. The minimum atomic E-state index is -1.52. The van der Waals surface area contributed by atoms with Crippen molar-refractivity contribution in [3.63, 3.8) is 0 Å². The molecule has 292 valence electrons. The fourth-order valence-corrected chi connectivity index (χ4v) is 7.72. The van der Waals surface area contributed by atoms with Crippen molar-refractivity contribution in [1.29, 1.82) is 0 Å². The van der Waals surface area contributed by atoms with E-state index in [-0.39, 0.29) is 32.3 Å². The molecule has 58 heavy (non-hydrogen) atoms. The number of rotatable bonds is 12. The number of ether oxygens (including phenoxy) is 5. The second kappa shape index (κ2) is 15.8. The third-order valence-corrected chi connectivity index (χ3v) is 10.5. The van der Waals surface area contributed by atoms with Crippen LogP contribution in [0, 0.1) is 0 Å². The zero-order valence-electron chi connectivity index (χ0n) is 31.1. The van der Waals surface area contributed by atoms with Gasteiger partial charge in [0.25, 0.3) is 0 Å². The molecule has 13 heteroatoms. The Kier molecular flexibility index (Phi) is 9.94. The van der Waals surface area contributed by atoms with Gasteiger partial charge in [0.05, 0.1) is 32.3 Å². The van der Waals surface area contributed by atoms with E-state index < -0.39 is 48.5 Å². The van der Waals surface area contributed by atoms with E-state index in [9.17, 15) is 19.2 Å². The first-order valence-electron chi connectivity index (χ1n) is 19.0. The molecule has 4 aromatic heterocycles. The monoisotopic (exact) mass is 778 g/mol. The lowest BCUT2D eigenvalue weighted by Crippen LogP contribution is -2.59. The Labute approximate surface area is 330 Å². The van der Waals surface area contributed by atoms with Crippen LogP contribution in [0.2, 0.25) is 0 Å². The lowest BCUT2D eigenvalue weighted by atomic mass is 10.0. The Morgan fingerprint density at radius 1 is 0.448 bits per heavy atom. The average Bonchev–Trinajstić information content (AvgIpc) is 4.03. The zero-order valence-corrected chi connectivity index (χ0v) is 31.1. The van der Waals surface area contributed by atoms with Gasteiger partial charge >= 0.3 is 23.9 Å². The molecule has 0 aliphatic carbocycles. The van der Waals surface area contributed by atoms with Crippen LogP contribution in [0.4, 0.5) is 0 Å². The Balaban J connectivity index is 1.01. The number of hydrogen-bond donors (Lipinski definition) is 4. The van der Waals surface area contributed by atoms with Gasteiger partial charge in [0.15, 0.2) is 12.2 Å². The first-order chi connectivity index (χ1) is 28.4. The number of para-hydroxylation sites is 4. The maximum Gasteiger partial charge on any atom is 0.312 e. The highest BCUT2D eigenvalue weighted by Gasteiger charge is 2.49. The molecule has 4 N–H and O–H groups in total. The van der Waals surface area contributed by atoms with E-state index >= 15 is 0 Å². The summed E-state index contributed by atoms with van der Waals surface area (Å²) in [6.45, 7) is -0.327. The quantitative estimate of drug-likeness (QED) is 0.0795. The van der Waals surface area contributed by atoms with E-state index in [1.54, 1.807) is 24.8 Å². The van der Waals surface area contributed by atoms with Gasteiger partial charge in [-0.15, -0.1) is 0 Å². The number of fused-ring (bicyclic) bond motifs is 4. The van der Waals surface area contributed by atoms with Crippen molar-refractivity contribution in [3.8, 4) is 0 Å². The zero-order chi connectivity index (χ0) is 39.6. The number of benzene rings is 4. The Morgan fingerprint density at radius 3 is 1.17 bits per heavy atom. The van der Waals surface area contributed by atoms with Crippen LogP contribution in [0.25, 0.3) is 43.6 Å². The Bertz CT molecular complexity index is 2600. The van der Waals surface area contributed by atoms with Crippen LogP contribution in [0.3, 0.4) is 0 Å². The van der Waals surface area contributed by atoms with Crippen molar-refractivity contribution in [1.82, 2.24) is 19.9 Å². The molecule has 0 radical (unpaired) electrons. The van der Waals surface area contributed by atoms with Crippen LogP contribution in [-0.2, 0) is 68.5 Å². The molecule has 0 amide bonds. The number of carbonyl (C=O) groups excluding carboxylic acids is 4. The normalized spacial score (nSPS) is 18.1. The Hall–Kier alpha value is -7.12. The van der Waals surface area contributed by atoms with Crippen molar-refractivity contribution in [2.24, 2.45) is 0 Å². The molecule has 1 fully saturated rings. The van der Waals surface area contributed by atoms with Crippen molar-refractivity contribution >= 4 is 67.5 Å². The number of aromatic nitrogens is 4. The number of carbonyl (C=O) groups is 4. The fourth-order valence-electron chi connectivity index (χ4n) is 7.72. The highest BCUT2D eigenvalue weighted by atomic mass is 16.7. The molecule has 0 spiro atoms. The molecule has 8 aromatic rings. The van der Waals surface area contributed by atoms with Crippen molar-refractivity contribution in [2.45, 2.75) is 50.3 Å². The summed E-state index contributed by atoms with van der Waals surface area (Å²) in [5.74, 6) is -2.70. The van der Waals surface area contributed by atoms with E-state index in [0.29, 0.717) is 22.3 Å². The molecule has 1 aliphatic rings. The predicted octanol–water partition coefficient (Wildman–Crippen LogP) is 6.52. The van der Waals surface area contributed by atoms with Crippen LogP contribution >= 0.6 is 0 Å². The lowest BCUT2D eigenvalue weighted by molar-refractivity contribution is -0.275. The SMILES string of the molecule is O=C(Cc1c[nH]c2ccccc12)OC1OC[C@H](OC(=O)Cc2c[nH]c3ccccc23)[C@H](OC(=O)Cc2c[nH]c3ccccc23)[C@H]1OC(=O)Cc1c[nH]c2ccccc12. The topological polar surface area (TPSA) is 178 Å². The molecule has 4 aromatic carbocycles. The Morgan fingerprint density at radius 2 is 0.776 bits per heavy atom. The summed E-state index contributed by atoms with van der Waals surface area (Å²) in [5.41, 5.74) is 6.12. The van der Waals surface area contributed by atoms with Gasteiger partial charge in [0, 0.05) is 68.4 Å². The van der Waals surface area contributed by atoms with Gasteiger partial charge < -0.3 is 43.6 Å². The van der Waals surface area contributed by atoms with Crippen LogP contribution in [0.1, 0.15) is 22.3 Å². The van der Waals surface area contributed by atoms with E-state index in [0.717, 1.165) is 43.6 Å². The van der Waals surface area contributed by atoms with Gasteiger partial charge in [-0.25, -0.2) is 0 Å². The molecular formula is C45H38N4O9. The van der Waals surface area contributed by atoms with Crippen molar-refractivity contribution in [2.75, 3.05) is 6.61 Å². The van der Waals surface area contributed by atoms with Crippen LogP contribution in [-0.4, -0.2) is 75.0 Å². The van der Waals surface area contributed by atoms with Gasteiger partial charge in [0.1, 0.15) is 0 Å². The molecule has 9 rings (SSSR count). The predicted molar refractivity (Wildman–Crippen MR) is 213 cm³/mol. The number of nitrogens with one attached hydrogen (secondary N) is 4. The van der Waals surface area contributed by atoms with E-state index in [1.165, 1.54) is 0 Å². The smallest absolute Gasteiger partial charge is 0.312 e. The highest BCUT2D eigenvalue weighted by Crippen LogP contribution is 2.29. The molecule has 0 bridgehead atoms. The summed E-state index contributed by atoms with van der Waals surface area (Å²) in [4.78, 5) is 67.6. The molecule has 1 aliphatic heterocycles. The molecule has 0 saturated carbocycles. The second-order valence-electron chi connectivity index (χ2n) is 14.3. The number of esters is 4. The summed E-state index contributed by atoms with van der Waals surface area (Å²) in [6, 6.07) is 30.1. The average molecular weight is 779 g/mol. The first-order valence-corrected chi connectivity index (χ1v) is 19.0. The van der Waals surface area contributed by atoms with Crippen LogP contribution in [0.5, 0.6) is 0 Å². The summed E-state index contributed by atoms with van der Waals surface area (Å²) in [6.07, 6.45) is 0.656. The molecule has 1 unspecified atom stereocenters. The lowest BCUT2D eigenvalue weighted by Gasteiger charge is -2.40. The minimum absolute atomic E-state index is 0.107. The number of aromatic amines is 4. The van der Waals surface area contributed by atoms with Gasteiger partial charge in [-0.2, -0.15) is 0 Å².